The van der Waals surface area contributed by atoms with E-state index in [0.29, 0.717) is 6.07 Å². The lowest BCUT2D eigenvalue weighted by molar-refractivity contribution is -0.462. The van der Waals surface area contributed by atoms with Crippen LogP contribution in [0.4, 0.5) is 74.6 Å². The molecule has 0 fully saturated rings. The quantitative estimate of drug-likeness (QED) is 0.242. The number of benzene rings is 1. The summed E-state index contributed by atoms with van der Waals surface area (Å²) in [6.45, 7) is 1.55. The number of ether oxygens (including phenoxy) is 1. The van der Waals surface area contributed by atoms with E-state index in [0.717, 1.165) is 18.2 Å². The highest BCUT2D eigenvalue weighted by atomic mass is 19.4. The molecule has 39 heavy (non-hydrogen) atoms. The summed E-state index contributed by atoms with van der Waals surface area (Å²) < 4.78 is 234. The first-order valence-corrected chi connectivity index (χ1v) is 10.2. The molecule has 0 aliphatic carbocycles. The average molecular weight is 612 g/mol. The Hall–Kier alpha value is -2.21. The highest BCUT2D eigenvalue weighted by Crippen LogP contribution is 2.64. The maximum Gasteiger partial charge on any atom is 0.460 e. The Balaban J connectivity index is 3.62. The van der Waals surface area contributed by atoms with Gasteiger partial charge in [-0.1, -0.05) is 25.1 Å². The second-order valence-corrected chi connectivity index (χ2v) is 8.44. The van der Waals surface area contributed by atoms with Crippen molar-refractivity contribution in [2.45, 2.75) is 79.9 Å². The van der Waals surface area contributed by atoms with Crippen LogP contribution in [0.25, 0.3) is 0 Å². The van der Waals surface area contributed by atoms with Gasteiger partial charge < -0.3 is 9.84 Å². The lowest BCUT2D eigenvalue weighted by atomic mass is 9.83. The number of hydrogen-bond donors (Lipinski definition) is 1. The molecule has 0 aliphatic rings. The largest absolute Gasteiger partial charge is 0.493 e. The molecule has 1 unspecified atom stereocenters. The zero-order valence-electron chi connectivity index (χ0n) is 19.2. The first kappa shape index (κ1) is 34.8. The Kier molecular flexibility index (Phi) is 8.93. The van der Waals surface area contributed by atoms with E-state index in [1.54, 1.807) is 0 Å². The van der Waals surface area contributed by atoms with E-state index in [1.165, 1.54) is 6.92 Å². The van der Waals surface area contributed by atoms with Gasteiger partial charge in [-0.15, -0.1) is 0 Å². The molecule has 0 aromatic heterocycles. The van der Waals surface area contributed by atoms with Crippen LogP contribution < -0.4 is 4.74 Å². The number of rotatable bonds is 12. The molecule has 0 amide bonds. The molecule has 0 bridgehead atoms. The predicted molar refractivity (Wildman–Crippen MR) is 97.1 cm³/mol. The van der Waals surface area contributed by atoms with Gasteiger partial charge in [-0.25, -0.2) is 0 Å². The van der Waals surface area contributed by atoms with Gasteiger partial charge in [-0.3, -0.25) is 0 Å². The molecular formula is C20H17F17O2. The number of aliphatic hydroxyl groups is 1. The molecule has 1 aromatic rings. The van der Waals surface area contributed by atoms with Crippen LogP contribution >= 0.6 is 0 Å². The van der Waals surface area contributed by atoms with E-state index in [2.05, 4.69) is 0 Å². The molecule has 0 heterocycles. The summed E-state index contributed by atoms with van der Waals surface area (Å²) in [6.07, 6.45) is -10.6. The van der Waals surface area contributed by atoms with E-state index in [-0.39, 0.29) is 20.0 Å². The molecule has 0 saturated carbocycles. The van der Waals surface area contributed by atoms with Crippen molar-refractivity contribution in [3.63, 3.8) is 0 Å². The summed E-state index contributed by atoms with van der Waals surface area (Å²) >= 11 is 0. The lowest BCUT2D eigenvalue weighted by Gasteiger charge is -2.43. The smallest absolute Gasteiger partial charge is 0.460 e. The Bertz CT molecular complexity index is 998. The minimum absolute atomic E-state index is 0.199. The standard InChI is InChI=1S/C20H17F17O2/c1-3-8-39-11-7-5-4-6-10(11)12(2,38)9-13(21,22)14(23,24)15(25,26)16(27,28)17(29,30)18(31,32)19(33,34)20(35,36)37/h4-7,38H,3,8-9H2,1-2H3. The van der Waals surface area contributed by atoms with Gasteiger partial charge in [0, 0.05) is 5.56 Å². The molecule has 1 atom stereocenters. The summed E-state index contributed by atoms with van der Waals surface area (Å²) in [4.78, 5) is 0. The molecule has 19 heteroatoms. The summed E-state index contributed by atoms with van der Waals surface area (Å²) in [7, 11) is 0. The molecule has 0 saturated heterocycles. The van der Waals surface area contributed by atoms with E-state index >= 15 is 0 Å². The van der Waals surface area contributed by atoms with Crippen molar-refractivity contribution in [3.05, 3.63) is 29.8 Å². The minimum Gasteiger partial charge on any atom is -0.493 e. The highest BCUT2D eigenvalue weighted by Gasteiger charge is 2.95. The van der Waals surface area contributed by atoms with E-state index in [4.69, 9.17) is 4.74 Å². The molecule has 0 aliphatic heterocycles. The predicted octanol–water partition coefficient (Wildman–Crippen LogP) is 8.08. The van der Waals surface area contributed by atoms with E-state index < -0.39 is 71.0 Å². The third-order valence-corrected chi connectivity index (χ3v) is 5.28. The normalized spacial score (nSPS) is 16.7. The molecule has 1 rings (SSSR count). The minimum atomic E-state index is -8.70. The molecule has 228 valence electrons. The van der Waals surface area contributed by atoms with Gasteiger partial charge in [0.2, 0.25) is 0 Å². The van der Waals surface area contributed by atoms with Crippen molar-refractivity contribution in [1.29, 1.82) is 0 Å². The zero-order valence-corrected chi connectivity index (χ0v) is 19.2. The fourth-order valence-corrected chi connectivity index (χ4v) is 3.08. The van der Waals surface area contributed by atoms with Crippen LogP contribution in [-0.2, 0) is 5.60 Å². The van der Waals surface area contributed by atoms with Crippen LogP contribution in [0.2, 0.25) is 0 Å². The van der Waals surface area contributed by atoms with Gasteiger partial charge in [0.1, 0.15) is 5.75 Å². The molecule has 2 nitrogen and oxygen atoms in total. The van der Waals surface area contributed by atoms with Gasteiger partial charge >= 0.3 is 47.6 Å². The average Bonchev–Trinajstić information content (AvgIpc) is 2.75. The highest BCUT2D eigenvalue weighted by molar-refractivity contribution is 5.38. The topological polar surface area (TPSA) is 29.5 Å². The molecule has 0 radical (unpaired) electrons. The number of para-hydroxylation sites is 1. The van der Waals surface area contributed by atoms with Gasteiger partial charge in [0.05, 0.1) is 18.6 Å². The van der Waals surface area contributed by atoms with Crippen LogP contribution in [0.3, 0.4) is 0 Å². The molecule has 1 aromatic carbocycles. The third-order valence-electron chi connectivity index (χ3n) is 5.28. The van der Waals surface area contributed by atoms with Crippen molar-refractivity contribution in [3.8, 4) is 5.75 Å². The summed E-state index contributed by atoms with van der Waals surface area (Å²) in [6, 6.07) is 3.76. The Morgan fingerprint density at radius 3 is 1.41 bits per heavy atom. The summed E-state index contributed by atoms with van der Waals surface area (Å²) in [5.41, 5.74) is -4.29. The molecule has 0 spiro atoms. The van der Waals surface area contributed by atoms with Crippen LogP contribution in [-0.4, -0.2) is 59.3 Å². The SMILES string of the molecule is CCCOc1ccccc1C(C)(O)CC(F)(F)C(F)(F)C(F)(F)C(F)(F)C(F)(F)C(F)(F)C(F)(F)C(F)(F)F. The number of halogens is 17. The Morgan fingerprint density at radius 2 is 1.00 bits per heavy atom. The second kappa shape index (κ2) is 10.0. The number of hydrogen-bond acceptors (Lipinski definition) is 2. The van der Waals surface area contributed by atoms with Crippen LogP contribution in [0.1, 0.15) is 32.3 Å². The zero-order chi connectivity index (χ0) is 31.3. The molecular weight excluding hydrogens is 595 g/mol. The van der Waals surface area contributed by atoms with Gasteiger partial charge in [-0.05, 0) is 19.4 Å². The van der Waals surface area contributed by atoms with Crippen molar-refractivity contribution >= 4 is 0 Å². The lowest BCUT2D eigenvalue weighted by Crippen LogP contribution is -2.74. The first-order chi connectivity index (χ1) is 17.0. The second-order valence-electron chi connectivity index (χ2n) is 8.44. The van der Waals surface area contributed by atoms with Crippen molar-refractivity contribution in [1.82, 2.24) is 0 Å². The van der Waals surface area contributed by atoms with Crippen LogP contribution in [0, 0.1) is 0 Å². The van der Waals surface area contributed by atoms with E-state index in [1.807, 2.05) is 0 Å². The van der Waals surface area contributed by atoms with Gasteiger partial charge in [0.15, 0.2) is 0 Å². The summed E-state index contributed by atoms with van der Waals surface area (Å²) in [5, 5.41) is 10.3. The Morgan fingerprint density at radius 1 is 0.615 bits per heavy atom. The third kappa shape index (κ3) is 5.30. The fraction of sp³-hybridized carbons (Fsp3) is 0.700. The van der Waals surface area contributed by atoms with Crippen molar-refractivity contribution < 1.29 is 84.5 Å². The monoisotopic (exact) mass is 612 g/mol. The molecule has 1 N–H and O–H groups in total. The van der Waals surface area contributed by atoms with E-state index in [9.17, 15) is 79.7 Å². The fourth-order valence-electron chi connectivity index (χ4n) is 3.08. The number of alkyl halides is 17. The summed E-state index contributed by atoms with van der Waals surface area (Å²) in [5.74, 6) is -57.7. The maximum atomic E-state index is 14.4. The van der Waals surface area contributed by atoms with Crippen molar-refractivity contribution in [2.75, 3.05) is 6.61 Å². The van der Waals surface area contributed by atoms with Crippen molar-refractivity contribution in [2.24, 2.45) is 0 Å². The van der Waals surface area contributed by atoms with Gasteiger partial charge in [-0.2, -0.15) is 74.6 Å². The Labute approximate surface area is 207 Å². The van der Waals surface area contributed by atoms with Crippen LogP contribution in [0.5, 0.6) is 5.75 Å². The maximum absolute atomic E-state index is 14.4. The van der Waals surface area contributed by atoms with Crippen LogP contribution in [0.15, 0.2) is 24.3 Å². The first-order valence-electron chi connectivity index (χ1n) is 10.2. The van der Waals surface area contributed by atoms with Gasteiger partial charge in [0.25, 0.3) is 0 Å².